The standard InChI is InChI=1S/C19H17N5O/c25-19(17-9-15(22-23-17)12-4-2-1-3-5-12)24-13-6-7-18(24)14-10-20-11-21-16(14)8-13/h1-5,9-11,13,18H,6-8H2,(H,22,23). The first-order valence-corrected chi connectivity index (χ1v) is 8.53. The van der Waals surface area contributed by atoms with Crippen molar-refractivity contribution in [3.8, 4) is 11.3 Å². The number of benzene rings is 1. The number of amides is 1. The lowest BCUT2D eigenvalue weighted by Gasteiger charge is -2.35. The summed E-state index contributed by atoms with van der Waals surface area (Å²) in [5, 5.41) is 7.24. The summed E-state index contributed by atoms with van der Waals surface area (Å²) in [7, 11) is 0. The van der Waals surface area contributed by atoms with Crippen LogP contribution in [0.1, 0.15) is 40.6 Å². The van der Waals surface area contributed by atoms with Gasteiger partial charge in [0, 0.05) is 29.8 Å². The highest BCUT2D eigenvalue weighted by Crippen LogP contribution is 2.43. The van der Waals surface area contributed by atoms with Gasteiger partial charge in [0.1, 0.15) is 12.0 Å². The highest BCUT2D eigenvalue weighted by atomic mass is 16.2. The highest BCUT2D eigenvalue weighted by molar-refractivity contribution is 5.94. The van der Waals surface area contributed by atoms with E-state index in [0.717, 1.165) is 41.8 Å². The van der Waals surface area contributed by atoms with Crippen molar-refractivity contribution in [2.24, 2.45) is 0 Å². The summed E-state index contributed by atoms with van der Waals surface area (Å²) in [5.41, 5.74) is 4.50. The van der Waals surface area contributed by atoms with E-state index >= 15 is 0 Å². The number of nitrogens with one attached hydrogen (secondary N) is 1. The van der Waals surface area contributed by atoms with Gasteiger partial charge in [-0.3, -0.25) is 9.89 Å². The van der Waals surface area contributed by atoms with Crippen LogP contribution in [0.4, 0.5) is 0 Å². The zero-order chi connectivity index (χ0) is 16.8. The maximum atomic E-state index is 13.1. The van der Waals surface area contributed by atoms with Gasteiger partial charge in [-0.25, -0.2) is 9.97 Å². The lowest BCUT2D eigenvalue weighted by Crippen LogP contribution is -2.42. The van der Waals surface area contributed by atoms with Crippen molar-refractivity contribution in [1.82, 2.24) is 25.1 Å². The minimum Gasteiger partial charge on any atom is -0.327 e. The van der Waals surface area contributed by atoms with Crippen LogP contribution in [0.3, 0.4) is 0 Å². The summed E-state index contributed by atoms with van der Waals surface area (Å²) >= 11 is 0. The number of aromatic amines is 1. The van der Waals surface area contributed by atoms with Crippen LogP contribution in [0, 0.1) is 0 Å². The van der Waals surface area contributed by atoms with E-state index in [2.05, 4.69) is 20.2 Å². The van der Waals surface area contributed by atoms with E-state index in [9.17, 15) is 4.79 Å². The summed E-state index contributed by atoms with van der Waals surface area (Å²) in [4.78, 5) is 23.7. The molecule has 5 rings (SSSR count). The Morgan fingerprint density at radius 2 is 2.08 bits per heavy atom. The highest BCUT2D eigenvalue weighted by Gasteiger charge is 2.43. The molecule has 2 bridgehead atoms. The normalized spacial score (nSPS) is 21.2. The topological polar surface area (TPSA) is 74.8 Å². The van der Waals surface area contributed by atoms with Gasteiger partial charge in [0.2, 0.25) is 0 Å². The number of hydrogen-bond acceptors (Lipinski definition) is 4. The molecule has 1 N–H and O–H groups in total. The van der Waals surface area contributed by atoms with Gasteiger partial charge < -0.3 is 4.90 Å². The molecule has 0 saturated carbocycles. The fourth-order valence-corrected chi connectivity index (χ4v) is 4.06. The van der Waals surface area contributed by atoms with Crippen LogP contribution >= 0.6 is 0 Å². The Labute approximate surface area is 144 Å². The molecule has 6 heteroatoms. The number of aromatic nitrogens is 4. The quantitative estimate of drug-likeness (QED) is 0.783. The summed E-state index contributed by atoms with van der Waals surface area (Å²) in [5.74, 6) is 0.0108. The van der Waals surface area contributed by atoms with Crippen LogP contribution in [0.15, 0.2) is 48.9 Å². The second-order valence-corrected chi connectivity index (χ2v) is 6.62. The minimum atomic E-state index is 0.0108. The van der Waals surface area contributed by atoms with Crippen LogP contribution < -0.4 is 0 Å². The second kappa shape index (κ2) is 5.51. The number of carbonyl (C=O) groups is 1. The summed E-state index contributed by atoms with van der Waals surface area (Å²) in [6.45, 7) is 0. The molecule has 1 amide bonds. The van der Waals surface area contributed by atoms with Crippen molar-refractivity contribution < 1.29 is 4.79 Å². The molecule has 1 fully saturated rings. The van der Waals surface area contributed by atoms with E-state index in [4.69, 9.17) is 0 Å². The van der Waals surface area contributed by atoms with Crippen molar-refractivity contribution >= 4 is 5.91 Å². The molecular formula is C19H17N5O. The maximum Gasteiger partial charge on any atom is 0.272 e. The monoisotopic (exact) mass is 331 g/mol. The Hall–Kier alpha value is -3.02. The molecule has 0 radical (unpaired) electrons. The molecule has 1 saturated heterocycles. The zero-order valence-corrected chi connectivity index (χ0v) is 13.6. The van der Waals surface area contributed by atoms with E-state index < -0.39 is 0 Å². The number of H-pyrrole nitrogens is 1. The van der Waals surface area contributed by atoms with Gasteiger partial charge in [-0.05, 0) is 18.9 Å². The zero-order valence-electron chi connectivity index (χ0n) is 13.6. The largest absolute Gasteiger partial charge is 0.327 e. The Morgan fingerprint density at radius 3 is 2.96 bits per heavy atom. The smallest absolute Gasteiger partial charge is 0.272 e. The fourth-order valence-electron chi connectivity index (χ4n) is 4.06. The first-order chi connectivity index (χ1) is 12.3. The third kappa shape index (κ3) is 2.25. The number of fused-ring (bicyclic) bond motifs is 4. The Bertz CT molecular complexity index is 936. The minimum absolute atomic E-state index is 0.0108. The van der Waals surface area contributed by atoms with E-state index in [1.165, 1.54) is 0 Å². The van der Waals surface area contributed by atoms with Crippen molar-refractivity contribution in [2.45, 2.75) is 31.3 Å². The predicted octanol–water partition coefficient (Wildman–Crippen LogP) is 2.77. The molecule has 2 aromatic heterocycles. The molecule has 3 aromatic rings. The molecule has 2 unspecified atom stereocenters. The van der Waals surface area contributed by atoms with Crippen LogP contribution in [-0.2, 0) is 6.42 Å². The van der Waals surface area contributed by atoms with Crippen LogP contribution in [-0.4, -0.2) is 37.0 Å². The third-order valence-corrected chi connectivity index (χ3v) is 5.23. The first-order valence-electron chi connectivity index (χ1n) is 8.53. The average molecular weight is 331 g/mol. The van der Waals surface area contributed by atoms with Gasteiger partial charge in [-0.15, -0.1) is 0 Å². The number of rotatable bonds is 2. The van der Waals surface area contributed by atoms with Gasteiger partial charge in [0.25, 0.3) is 5.91 Å². The molecule has 2 aliphatic heterocycles. The summed E-state index contributed by atoms with van der Waals surface area (Å²) in [6.07, 6.45) is 6.23. The number of carbonyl (C=O) groups excluding carboxylic acids is 1. The molecule has 2 atom stereocenters. The Morgan fingerprint density at radius 1 is 1.20 bits per heavy atom. The van der Waals surface area contributed by atoms with Gasteiger partial charge in [0.05, 0.1) is 17.4 Å². The molecule has 4 heterocycles. The van der Waals surface area contributed by atoms with Gasteiger partial charge in [-0.2, -0.15) is 5.10 Å². The van der Waals surface area contributed by atoms with Crippen molar-refractivity contribution in [3.05, 3.63) is 65.9 Å². The number of nitrogens with zero attached hydrogens (tertiary/aromatic N) is 4. The van der Waals surface area contributed by atoms with Crippen molar-refractivity contribution in [1.29, 1.82) is 0 Å². The SMILES string of the molecule is O=C(c1cc(-c2ccccc2)n[nH]1)N1C2CCC1c1cncnc1C2. The lowest BCUT2D eigenvalue weighted by atomic mass is 9.99. The average Bonchev–Trinajstić information content (AvgIpc) is 3.27. The third-order valence-electron chi connectivity index (χ3n) is 5.23. The van der Waals surface area contributed by atoms with Crippen LogP contribution in [0.2, 0.25) is 0 Å². The lowest BCUT2D eigenvalue weighted by molar-refractivity contribution is 0.0637. The number of hydrogen-bond donors (Lipinski definition) is 1. The Kier molecular flexibility index (Phi) is 3.16. The fraction of sp³-hybridized carbons (Fsp3) is 0.263. The second-order valence-electron chi connectivity index (χ2n) is 6.62. The molecule has 6 nitrogen and oxygen atoms in total. The molecule has 0 spiro atoms. The molecular weight excluding hydrogens is 314 g/mol. The van der Waals surface area contributed by atoms with Gasteiger partial charge >= 0.3 is 0 Å². The van der Waals surface area contributed by atoms with E-state index in [0.29, 0.717) is 5.69 Å². The first kappa shape index (κ1) is 14.3. The van der Waals surface area contributed by atoms with Crippen LogP contribution in [0.25, 0.3) is 11.3 Å². The van der Waals surface area contributed by atoms with Gasteiger partial charge in [-0.1, -0.05) is 30.3 Å². The molecule has 1 aromatic carbocycles. The summed E-state index contributed by atoms with van der Waals surface area (Å²) in [6, 6.07) is 12.0. The van der Waals surface area contributed by atoms with E-state index in [1.54, 1.807) is 6.33 Å². The van der Waals surface area contributed by atoms with Gasteiger partial charge in [0.15, 0.2) is 0 Å². The molecule has 2 aliphatic rings. The molecule has 25 heavy (non-hydrogen) atoms. The molecule has 0 aliphatic carbocycles. The van der Waals surface area contributed by atoms with Crippen LogP contribution in [0.5, 0.6) is 0 Å². The predicted molar refractivity (Wildman–Crippen MR) is 91.7 cm³/mol. The Balaban J connectivity index is 1.47. The maximum absolute atomic E-state index is 13.1. The van der Waals surface area contributed by atoms with E-state index in [-0.39, 0.29) is 18.0 Å². The van der Waals surface area contributed by atoms with Crippen molar-refractivity contribution in [3.63, 3.8) is 0 Å². The molecule has 124 valence electrons. The van der Waals surface area contributed by atoms with E-state index in [1.807, 2.05) is 47.5 Å². The van der Waals surface area contributed by atoms with Crippen molar-refractivity contribution in [2.75, 3.05) is 0 Å². The summed E-state index contributed by atoms with van der Waals surface area (Å²) < 4.78 is 0.